The first-order chi connectivity index (χ1) is 11.6. The SMILES string of the molecule is Cc1ccc(CN(CC(=O)Nc2cc(C)cc(C)c2)S(C)(=O)=O)cc1. The third-order valence-corrected chi connectivity index (χ3v) is 4.97. The minimum atomic E-state index is -3.50. The Hall–Kier alpha value is -2.18. The highest BCUT2D eigenvalue weighted by Gasteiger charge is 2.20. The summed E-state index contributed by atoms with van der Waals surface area (Å²) >= 11 is 0. The molecule has 0 atom stereocenters. The smallest absolute Gasteiger partial charge is 0.239 e. The van der Waals surface area contributed by atoms with Gasteiger partial charge in [-0.1, -0.05) is 35.9 Å². The highest BCUT2D eigenvalue weighted by Crippen LogP contribution is 2.15. The molecule has 2 aromatic carbocycles. The molecule has 0 bridgehead atoms. The predicted molar refractivity (Wildman–Crippen MR) is 101 cm³/mol. The molecule has 1 amide bonds. The van der Waals surface area contributed by atoms with Crippen molar-refractivity contribution in [1.82, 2.24) is 4.31 Å². The van der Waals surface area contributed by atoms with Crippen LogP contribution in [0.1, 0.15) is 22.3 Å². The summed E-state index contributed by atoms with van der Waals surface area (Å²) in [4.78, 5) is 12.3. The summed E-state index contributed by atoms with van der Waals surface area (Å²) in [5.74, 6) is -0.359. The second-order valence-corrected chi connectivity index (χ2v) is 8.42. The number of hydrogen-bond acceptors (Lipinski definition) is 3. The number of rotatable bonds is 6. The summed E-state index contributed by atoms with van der Waals surface area (Å²) in [6, 6.07) is 13.3. The first-order valence-corrected chi connectivity index (χ1v) is 9.87. The van der Waals surface area contributed by atoms with Crippen LogP contribution in [0, 0.1) is 20.8 Å². The zero-order chi connectivity index (χ0) is 18.6. The molecule has 2 rings (SSSR count). The van der Waals surface area contributed by atoms with E-state index in [0.717, 1.165) is 28.5 Å². The summed E-state index contributed by atoms with van der Waals surface area (Å²) in [6.45, 7) is 5.81. The Morgan fingerprint density at radius 2 is 1.52 bits per heavy atom. The molecule has 1 N–H and O–H groups in total. The molecular formula is C19H24N2O3S. The van der Waals surface area contributed by atoms with Crippen molar-refractivity contribution in [2.75, 3.05) is 18.1 Å². The third kappa shape index (κ3) is 5.99. The van der Waals surface area contributed by atoms with Crippen LogP contribution in [0.2, 0.25) is 0 Å². The second-order valence-electron chi connectivity index (χ2n) is 6.44. The number of carbonyl (C=O) groups is 1. The zero-order valence-electron chi connectivity index (χ0n) is 15.0. The van der Waals surface area contributed by atoms with Crippen molar-refractivity contribution in [3.05, 3.63) is 64.7 Å². The first-order valence-electron chi connectivity index (χ1n) is 8.02. The second kappa shape index (κ2) is 7.80. The van der Waals surface area contributed by atoms with Gasteiger partial charge in [-0.15, -0.1) is 0 Å². The first kappa shape index (κ1) is 19.1. The van der Waals surface area contributed by atoms with E-state index in [-0.39, 0.29) is 19.0 Å². The molecule has 6 heteroatoms. The van der Waals surface area contributed by atoms with Crippen LogP contribution >= 0.6 is 0 Å². The minimum Gasteiger partial charge on any atom is -0.325 e. The van der Waals surface area contributed by atoms with Gasteiger partial charge in [-0.2, -0.15) is 4.31 Å². The highest BCUT2D eigenvalue weighted by molar-refractivity contribution is 7.88. The molecule has 0 saturated heterocycles. The van der Waals surface area contributed by atoms with Crippen LogP contribution < -0.4 is 5.32 Å². The van der Waals surface area contributed by atoms with Gasteiger partial charge in [-0.05, 0) is 49.6 Å². The average molecular weight is 360 g/mol. The van der Waals surface area contributed by atoms with Gasteiger partial charge >= 0.3 is 0 Å². The molecule has 2 aromatic rings. The quantitative estimate of drug-likeness (QED) is 0.861. The Kier molecular flexibility index (Phi) is 5.98. The monoisotopic (exact) mass is 360 g/mol. The summed E-state index contributed by atoms with van der Waals surface area (Å²) in [5.41, 5.74) is 4.69. The number of nitrogens with one attached hydrogen (secondary N) is 1. The number of hydrogen-bond donors (Lipinski definition) is 1. The van der Waals surface area contributed by atoms with Gasteiger partial charge in [-0.25, -0.2) is 8.42 Å². The predicted octanol–water partition coefficient (Wildman–Crippen LogP) is 3.01. The van der Waals surface area contributed by atoms with Gasteiger partial charge < -0.3 is 5.32 Å². The lowest BCUT2D eigenvalue weighted by molar-refractivity contribution is -0.116. The highest BCUT2D eigenvalue weighted by atomic mass is 32.2. The van der Waals surface area contributed by atoms with E-state index in [1.165, 1.54) is 4.31 Å². The largest absolute Gasteiger partial charge is 0.325 e. The van der Waals surface area contributed by atoms with Crippen molar-refractivity contribution in [1.29, 1.82) is 0 Å². The molecule has 0 radical (unpaired) electrons. The summed E-state index contributed by atoms with van der Waals surface area (Å²) in [7, 11) is -3.50. The molecule has 0 aromatic heterocycles. The molecule has 0 heterocycles. The van der Waals surface area contributed by atoms with E-state index in [1.807, 2.05) is 63.2 Å². The number of anilines is 1. The van der Waals surface area contributed by atoms with E-state index >= 15 is 0 Å². The van der Waals surface area contributed by atoms with Crippen molar-refractivity contribution in [2.24, 2.45) is 0 Å². The third-order valence-electron chi connectivity index (χ3n) is 3.77. The summed E-state index contributed by atoms with van der Waals surface area (Å²) in [6.07, 6.45) is 1.12. The van der Waals surface area contributed by atoms with Gasteiger partial charge in [0.1, 0.15) is 0 Å². The minimum absolute atomic E-state index is 0.166. The van der Waals surface area contributed by atoms with Crippen LogP contribution in [-0.4, -0.2) is 31.4 Å². The van der Waals surface area contributed by atoms with Crippen LogP contribution in [0.3, 0.4) is 0 Å². The lowest BCUT2D eigenvalue weighted by Gasteiger charge is -2.20. The van der Waals surface area contributed by atoms with Crippen LogP contribution in [0.4, 0.5) is 5.69 Å². The molecule has 0 aliphatic rings. The number of sulfonamides is 1. The van der Waals surface area contributed by atoms with Crippen molar-refractivity contribution < 1.29 is 13.2 Å². The molecule has 25 heavy (non-hydrogen) atoms. The van der Waals surface area contributed by atoms with Gasteiger partial charge in [0.25, 0.3) is 0 Å². The normalized spacial score (nSPS) is 11.6. The fourth-order valence-electron chi connectivity index (χ4n) is 2.60. The molecule has 0 aliphatic carbocycles. The molecular weight excluding hydrogens is 336 g/mol. The molecule has 0 unspecified atom stereocenters. The summed E-state index contributed by atoms with van der Waals surface area (Å²) < 4.78 is 25.3. The maximum Gasteiger partial charge on any atom is 0.239 e. The molecule has 5 nitrogen and oxygen atoms in total. The zero-order valence-corrected chi connectivity index (χ0v) is 15.9. The van der Waals surface area contributed by atoms with E-state index < -0.39 is 10.0 Å². The van der Waals surface area contributed by atoms with Crippen molar-refractivity contribution in [3.8, 4) is 0 Å². The average Bonchev–Trinajstić information content (AvgIpc) is 2.46. The van der Waals surface area contributed by atoms with Crippen molar-refractivity contribution in [3.63, 3.8) is 0 Å². The van der Waals surface area contributed by atoms with Gasteiger partial charge in [0.15, 0.2) is 0 Å². The number of nitrogens with zero attached hydrogens (tertiary/aromatic N) is 1. The van der Waals surface area contributed by atoms with Crippen LogP contribution in [0.15, 0.2) is 42.5 Å². The Balaban J connectivity index is 2.11. The van der Waals surface area contributed by atoms with E-state index in [1.54, 1.807) is 0 Å². The maximum atomic E-state index is 12.3. The van der Waals surface area contributed by atoms with Crippen LogP contribution in [0.5, 0.6) is 0 Å². The lowest BCUT2D eigenvalue weighted by Crippen LogP contribution is -2.36. The van der Waals surface area contributed by atoms with E-state index in [0.29, 0.717) is 5.69 Å². The van der Waals surface area contributed by atoms with Gasteiger partial charge in [-0.3, -0.25) is 4.79 Å². The number of benzene rings is 2. The molecule has 0 spiro atoms. The Morgan fingerprint density at radius 1 is 0.960 bits per heavy atom. The Morgan fingerprint density at radius 3 is 2.04 bits per heavy atom. The van der Waals surface area contributed by atoms with Gasteiger partial charge in [0.2, 0.25) is 15.9 Å². The maximum absolute atomic E-state index is 12.3. The summed E-state index contributed by atoms with van der Waals surface area (Å²) in [5, 5.41) is 2.78. The fourth-order valence-corrected chi connectivity index (χ4v) is 3.33. The van der Waals surface area contributed by atoms with E-state index in [4.69, 9.17) is 0 Å². The molecule has 0 saturated carbocycles. The van der Waals surface area contributed by atoms with Crippen LogP contribution in [-0.2, 0) is 21.4 Å². The molecule has 0 aliphatic heterocycles. The Labute approximate surface area is 149 Å². The molecule has 134 valence electrons. The topological polar surface area (TPSA) is 66.5 Å². The standard InChI is InChI=1S/C19H24N2O3S/c1-14-5-7-17(8-6-14)12-21(25(4,23)24)13-19(22)20-18-10-15(2)9-16(3)11-18/h5-11H,12-13H2,1-4H3,(H,20,22). The van der Waals surface area contributed by atoms with Crippen molar-refractivity contribution in [2.45, 2.75) is 27.3 Å². The van der Waals surface area contributed by atoms with Crippen molar-refractivity contribution >= 4 is 21.6 Å². The number of amides is 1. The van der Waals surface area contributed by atoms with Gasteiger partial charge in [0, 0.05) is 12.2 Å². The Bertz CT molecular complexity index is 838. The van der Waals surface area contributed by atoms with E-state index in [9.17, 15) is 13.2 Å². The van der Waals surface area contributed by atoms with Crippen LogP contribution in [0.25, 0.3) is 0 Å². The fraction of sp³-hybridized carbons (Fsp3) is 0.316. The number of carbonyl (C=O) groups excluding carboxylic acids is 1. The van der Waals surface area contributed by atoms with E-state index in [2.05, 4.69) is 5.32 Å². The lowest BCUT2D eigenvalue weighted by atomic mass is 10.1. The van der Waals surface area contributed by atoms with Gasteiger partial charge in [0.05, 0.1) is 12.8 Å². The number of aryl methyl sites for hydroxylation is 3. The molecule has 0 fully saturated rings.